The summed E-state index contributed by atoms with van der Waals surface area (Å²) < 4.78 is 5.62. The topological polar surface area (TPSA) is 38.3 Å². The van der Waals surface area contributed by atoms with E-state index in [4.69, 9.17) is 4.74 Å². The van der Waals surface area contributed by atoms with Crippen molar-refractivity contribution in [3.8, 4) is 5.75 Å². The van der Waals surface area contributed by atoms with E-state index in [0.29, 0.717) is 5.92 Å². The molecule has 1 aliphatic rings. The molecule has 1 unspecified atom stereocenters. The van der Waals surface area contributed by atoms with Crippen LogP contribution in [0.3, 0.4) is 0 Å². The highest BCUT2D eigenvalue weighted by Gasteiger charge is 2.28. The van der Waals surface area contributed by atoms with Gasteiger partial charge in [-0.1, -0.05) is 18.2 Å². The average molecular weight is 247 g/mol. The summed E-state index contributed by atoms with van der Waals surface area (Å²) in [4.78, 5) is 11.7. The van der Waals surface area contributed by atoms with Crippen molar-refractivity contribution in [1.82, 2.24) is 5.32 Å². The molecule has 1 aromatic carbocycles. The molecule has 1 saturated carbocycles. The van der Waals surface area contributed by atoms with Crippen molar-refractivity contribution < 1.29 is 9.53 Å². The van der Waals surface area contributed by atoms with E-state index < -0.39 is 0 Å². The summed E-state index contributed by atoms with van der Waals surface area (Å²) in [5.41, 5.74) is 2.14. The van der Waals surface area contributed by atoms with E-state index in [2.05, 4.69) is 12.2 Å². The Morgan fingerprint density at radius 1 is 1.39 bits per heavy atom. The number of hydrogen-bond donors (Lipinski definition) is 1. The van der Waals surface area contributed by atoms with Gasteiger partial charge in [-0.2, -0.15) is 0 Å². The molecule has 1 aromatic rings. The van der Waals surface area contributed by atoms with E-state index in [0.717, 1.165) is 16.9 Å². The lowest BCUT2D eigenvalue weighted by molar-refractivity contribution is -0.123. The molecule has 18 heavy (non-hydrogen) atoms. The molecule has 1 atom stereocenters. The van der Waals surface area contributed by atoms with Crippen LogP contribution in [-0.2, 0) is 4.79 Å². The Morgan fingerprint density at radius 2 is 2.00 bits per heavy atom. The molecule has 0 heterocycles. The van der Waals surface area contributed by atoms with E-state index in [1.54, 1.807) is 0 Å². The van der Waals surface area contributed by atoms with Crippen LogP contribution >= 0.6 is 0 Å². The average Bonchev–Trinajstić information content (AvgIpc) is 3.12. The molecule has 0 saturated heterocycles. The van der Waals surface area contributed by atoms with Crippen molar-refractivity contribution in [1.29, 1.82) is 0 Å². The largest absolute Gasteiger partial charge is 0.483 e. The van der Waals surface area contributed by atoms with Crippen LogP contribution in [0, 0.1) is 19.8 Å². The summed E-state index contributed by atoms with van der Waals surface area (Å²) in [5.74, 6) is 1.47. The van der Waals surface area contributed by atoms with Gasteiger partial charge in [0.1, 0.15) is 5.75 Å². The Morgan fingerprint density at radius 3 is 2.56 bits per heavy atom. The summed E-state index contributed by atoms with van der Waals surface area (Å²) in [5, 5.41) is 2.99. The van der Waals surface area contributed by atoms with Crippen molar-refractivity contribution in [3.05, 3.63) is 29.3 Å². The molecule has 1 aliphatic carbocycles. The van der Waals surface area contributed by atoms with Crippen molar-refractivity contribution in [3.63, 3.8) is 0 Å². The number of carbonyl (C=O) groups excluding carboxylic acids is 1. The Hall–Kier alpha value is -1.51. The van der Waals surface area contributed by atoms with Gasteiger partial charge >= 0.3 is 0 Å². The third-order valence-corrected chi connectivity index (χ3v) is 3.47. The van der Waals surface area contributed by atoms with Crippen LogP contribution < -0.4 is 10.1 Å². The number of benzene rings is 1. The second-order valence-corrected chi connectivity index (χ2v) is 5.20. The summed E-state index contributed by atoms with van der Waals surface area (Å²) in [6, 6.07) is 6.26. The lowest BCUT2D eigenvalue weighted by Crippen LogP contribution is -2.37. The molecule has 3 nitrogen and oxygen atoms in total. The molecular formula is C15H21NO2. The van der Waals surface area contributed by atoms with Gasteiger partial charge in [-0.25, -0.2) is 0 Å². The number of para-hydroxylation sites is 1. The third kappa shape index (κ3) is 3.25. The molecule has 2 rings (SSSR count). The molecular weight excluding hydrogens is 226 g/mol. The molecule has 0 aromatic heterocycles. The highest BCUT2D eigenvalue weighted by Crippen LogP contribution is 2.32. The number of carbonyl (C=O) groups is 1. The highest BCUT2D eigenvalue weighted by molar-refractivity contribution is 5.78. The van der Waals surface area contributed by atoms with Gasteiger partial charge in [0, 0.05) is 6.04 Å². The first-order chi connectivity index (χ1) is 8.58. The quantitative estimate of drug-likeness (QED) is 0.868. The minimum atomic E-state index is -0.0305. The van der Waals surface area contributed by atoms with Gasteiger partial charge in [-0.15, -0.1) is 0 Å². The first-order valence-electron chi connectivity index (χ1n) is 6.56. The smallest absolute Gasteiger partial charge is 0.258 e. The Balaban J connectivity index is 1.85. The van der Waals surface area contributed by atoms with Crippen LogP contribution in [0.25, 0.3) is 0 Å². The third-order valence-electron chi connectivity index (χ3n) is 3.47. The maximum atomic E-state index is 11.7. The van der Waals surface area contributed by atoms with Crippen LogP contribution in [-0.4, -0.2) is 18.6 Å². The second kappa shape index (κ2) is 5.42. The first-order valence-corrected chi connectivity index (χ1v) is 6.56. The van der Waals surface area contributed by atoms with Crippen LogP contribution in [0.1, 0.15) is 30.9 Å². The molecule has 0 aliphatic heterocycles. The molecule has 1 amide bonds. The van der Waals surface area contributed by atoms with Gasteiger partial charge in [-0.05, 0) is 50.7 Å². The van der Waals surface area contributed by atoms with Crippen LogP contribution in [0.2, 0.25) is 0 Å². The van der Waals surface area contributed by atoms with Crippen LogP contribution in [0.4, 0.5) is 0 Å². The Kier molecular flexibility index (Phi) is 3.90. The molecule has 1 fully saturated rings. The van der Waals surface area contributed by atoms with E-state index in [1.807, 2.05) is 32.0 Å². The molecule has 1 N–H and O–H groups in total. The monoisotopic (exact) mass is 247 g/mol. The Bertz CT molecular complexity index is 418. The standard InChI is InChI=1S/C15H21NO2/c1-10-5-4-6-11(2)15(10)18-9-14(17)16-12(3)13-7-8-13/h4-6,12-13H,7-9H2,1-3H3,(H,16,17). The van der Waals surface area contributed by atoms with Gasteiger partial charge in [-0.3, -0.25) is 4.79 Å². The summed E-state index contributed by atoms with van der Waals surface area (Å²) >= 11 is 0. The van der Waals surface area contributed by atoms with Gasteiger partial charge in [0.2, 0.25) is 0 Å². The fourth-order valence-electron chi connectivity index (χ4n) is 2.17. The van der Waals surface area contributed by atoms with Gasteiger partial charge in [0.25, 0.3) is 5.91 Å². The van der Waals surface area contributed by atoms with Crippen molar-refractivity contribution in [2.24, 2.45) is 5.92 Å². The number of hydrogen-bond acceptors (Lipinski definition) is 2. The Labute approximate surface area is 109 Å². The fraction of sp³-hybridized carbons (Fsp3) is 0.533. The van der Waals surface area contributed by atoms with Crippen molar-refractivity contribution in [2.45, 2.75) is 39.7 Å². The minimum absolute atomic E-state index is 0.0305. The lowest BCUT2D eigenvalue weighted by Gasteiger charge is -2.15. The van der Waals surface area contributed by atoms with Gasteiger partial charge in [0.05, 0.1) is 0 Å². The number of amides is 1. The zero-order chi connectivity index (χ0) is 13.1. The van der Waals surface area contributed by atoms with E-state index in [1.165, 1.54) is 12.8 Å². The maximum absolute atomic E-state index is 11.7. The number of nitrogens with one attached hydrogen (secondary N) is 1. The van der Waals surface area contributed by atoms with Gasteiger partial charge < -0.3 is 10.1 Å². The predicted molar refractivity (Wildman–Crippen MR) is 71.7 cm³/mol. The second-order valence-electron chi connectivity index (χ2n) is 5.20. The predicted octanol–water partition coefficient (Wildman–Crippen LogP) is 2.60. The summed E-state index contributed by atoms with van der Waals surface area (Å²) in [6.07, 6.45) is 2.47. The van der Waals surface area contributed by atoms with E-state index in [-0.39, 0.29) is 18.6 Å². The van der Waals surface area contributed by atoms with Crippen molar-refractivity contribution >= 4 is 5.91 Å². The molecule has 0 radical (unpaired) electrons. The van der Waals surface area contributed by atoms with Gasteiger partial charge in [0.15, 0.2) is 6.61 Å². The highest BCUT2D eigenvalue weighted by atomic mass is 16.5. The maximum Gasteiger partial charge on any atom is 0.258 e. The summed E-state index contributed by atoms with van der Waals surface area (Å²) in [7, 11) is 0. The normalized spacial score (nSPS) is 16.2. The number of aryl methyl sites for hydroxylation is 2. The van der Waals surface area contributed by atoms with Crippen molar-refractivity contribution in [2.75, 3.05) is 6.61 Å². The van der Waals surface area contributed by atoms with E-state index >= 15 is 0 Å². The lowest BCUT2D eigenvalue weighted by atomic mass is 10.1. The molecule has 0 bridgehead atoms. The van der Waals surface area contributed by atoms with E-state index in [9.17, 15) is 4.79 Å². The molecule has 3 heteroatoms. The van der Waals surface area contributed by atoms with Crippen LogP contribution in [0.15, 0.2) is 18.2 Å². The zero-order valence-corrected chi connectivity index (χ0v) is 11.3. The molecule has 0 spiro atoms. The zero-order valence-electron chi connectivity index (χ0n) is 11.3. The summed E-state index contributed by atoms with van der Waals surface area (Å²) in [6.45, 7) is 6.15. The number of rotatable bonds is 5. The first kappa shape index (κ1) is 12.9. The van der Waals surface area contributed by atoms with Crippen LogP contribution in [0.5, 0.6) is 5.75 Å². The molecule has 98 valence electrons. The number of ether oxygens (including phenoxy) is 1. The minimum Gasteiger partial charge on any atom is -0.483 e. The fourth-order valence-corrected chi connectivity index (χ4v) is 2.17. The SMILES string of the molecule is Cc1cccc(C)c1OCC(=O)NC(C)C1CC1.